The van der Waals surface area contributed by atoms with Crippen molar-refractivity contribution in [3.05, 3.63) is 0 Å². The standard InChI is InChI=1S/C10H27N3Si/c1-7-11-14(9-3,12-8-2)13-10(4,5)6/h11-13H,7-9H2,1-6H3. The predicted molar refractivity (Wildman–Crippen MR) is 66.5 cm³/mol. The van der Waals surface area contributed by atoms with Crippen LogP contribution in [0.5, 0.6) is 0 Å². The molecule has 0 rings (SSSR count). The summed E-state index contributed by atoms with van der Waals surface area (Å²) in [5.74, 6) is 0. The maximum Gasteiger partial charge on any atom is 0.281 e. The van der Waals surface area contributed by atoms with Crippen molar-refractivity contribution in [2.75, 3.05) is 13.1 Å². The lowest BCUT2D eigenvalue weighted by atomic mass is 10.1. The van der Waals surface area contributed by atoms with Gasteiger partial charge in [0.1, 0.15) is 0 Å². The maximum absolute atomic E-state index is 3.74. The van der Waals surface area contributed by atoms with Gasteiger partial charge in [-0.25, -0.2) is 0 Å². The first-order valence-electron chi connectivity index (χ1n) is 5.68. The molecule has 0 saturated heterocycles. The highest BCUT2D eigenvalue weighted by Gasteiger charge is 2.34. The van der Waals surface area contributed by atoms with Crippen molar-refractivity contribution < 1.29 is 0 Å². The molecule has 3 nitrogen and oxygen atoms in total. The summed E-state index contributed by atoms with van der Waals surface area (Å²) >= 11 is 0. The Morgan fingerprint density at radius 1 is 0.929 bits per heavy atom. The Bertz CT molecular complexity index is 148. The van der Waals surface area contributed by atoms with Gasteiger partial charge in [-0.1, -0.05) is 20.8 Å². The molecule has 0 aromatic carbocycles. The molecule has 0 aliphatic rings. The van der Waals surface area contributed by atoms with E-state index in [0.717, 1.165) is 19.1 Å². The highest BCUT2D eigenvalue weighted by atomic mass is 28.4. The van der Waals surface area contributed by atoms with Crippen molar-refractivity contribution in [2.45, 2.75) is 53.1 Å². The third-order valence-corrected chi connectivity index (χ3v) is 6.23. The molecule has 0 aliphatic heterocycles. The van der Waals surface area contributed by atoms with Gasteiger partial charge in [0.05, 0.1) is 0 Å². The molecule has 0 atom stereocenters. The van der Waals surface area contributed by atoms with E-state index in [1.165, 1.54) is 0 Å². The Labute approximate surface area is 90.3 Å². The van der Waals surface area contributed by atoms with Crippen molar-refractivity contribution in [1.29, 1.82) is 0 Å². The van der Waals surface area contributed by atoms with Gasteiger partial charge < -0.3 is 14.9 Å². The van der Waals surface area contributed by atoms with Crippen LogP contribution in [0, 0.1) is 0 Å². The first-order chi connectivity index (χ1) is 6.39. The van der Waals surface area contributed by atoms with Crippen LogP contribution in [0.2, 0.25) is 6.04 Å². The fraction of sp³-hybridized carbons (Fsp3) is 1.00. The Balaban J connectivity index is 4.48. The van der Waals surface area contributed by atoms with E-state index >= 15 is 0 Å². The zero-order valence-corrected chi connectivity index (χ0v) is 11.6. The molecule has 0 unspecified atom stereocenters. The first kappa shape index (κ1) is 14.1. The Morgan fingerprint density at radius 3 is 1.57 bits per heavy atom. The molecule has 0 aliphatic carbocycles. The van der Waals surface area contributed by atoms with E-state index in [1.807, 2.05) is 0 Å². The Hall–Kier alpha value is 0.0969. The summed E-state index contributed by atoms with van der Waals surface area (Å²) in [4.78, 5) is 11.0. The number of hydrogen-bond acceptors (Lipinski definition) is 3. The molecule has 0 amide bonds. The van der Waals surface area contributed by atoms with E-state index in [1.54, 1.807) is 0 Å². The van der Waals surface area contributed by atoms with E-state index in [4.69, 9.17) is 0 Å². The highest BCUT2D eigenvalue weighted by Crippen LogP contribution is 2.06. The van der Waals surface area contributed by atoms with Gasteiger partial charge in [0, 0.05) is 5.54 Å². The molecule has 0 bridgehead atoms. The molecule has 86 valence electrons. The molecule has 0 spiro atoms. The molecular formula is C10H27N3Si. The lowest BCUT2D eigenvalue weighted by molar-refractivity contribution is 0.493. The molecule has 0 heterocycles. The van der Waals surface area contributed by atoms with Gasteiger partial charge in [0.15, 0.2) is 0 Å². The maximum atomic E-state index is 3.74. The summed E-state index contributed by atoms with van der Waals surface area (Å²) in [6.07, 6.45) is 0. The summed E-state index contributed by atoms with van der Waals surface area (Å²) in [5, 5.41) is 0. The molecule has 4 heteroatoms. The average Bonchev–Trinajstić information content (AvgIpc) is 2.02. The van der Waals surface area contributed by atoms with Crippen molar-refractivity contribution in [3.63, 3.8) is 0 Å². The zero-order valence-electron chi connectivity index (χ0n) is 10.6. The summed E-state index contributed by atoms with van der Waals surface area (Å²) in [5.41, 5.74) is 0.173. The van der Waals surface area contributed by atoms with Gasteiger partial charge in [-0.15, -0.1) is 0 Å². The van der Waals surface area contributed by atoms with Gasteiger partial charge >= 0.3 is 0 Å². The van der Waals surface area contributed by atoms with Gasteiger partial charge in [-0.3, -0.25) is 0 Å². The summed E-state index contributed by atoms with van der Waals surface area (Å²) in [7, 11) is -1.65. The van der Waals surface area contributed by atoms with Crippen LogP contribution in [0.3, 0.4) is 0 Å². The lowest BCUT2D eigenvalue weighted by Gasteiger charge is -2.38. The molecule has 14 heavy (non-hydrogen) atoms. The summed E-state index contributed by atoms with van der Waals surface area (Å²) in [6.45, 7) is 15.3. The SMILES string of the molecule is CCN[Si](CC)(NCC)NC(C)(C)C. The van der Waals surface area contributed by atoms with E-state index < -0.39 is 8.56 Å². The smallest absolute Gasteiger partial charge is 0.281 e. The topological polar surface area (TPSA) is 36.1 Å². The third-order valence-electron chi connectivity index (χ3n) is 2.08. The minimum absolute atomic E-state index is 0.173. The van der Waals surface area contributed by atoms with Crippen LogP contribution >= 0.6 is 0 Å². The van der Waals surface area contributed by atoms with Crippen LogP contribution < -0.4 is 14.9 Å². The van der Waals surface area contributed by atoms with E-state index in [9.17, 15) is 0 Å². The molecule has 0 radical (unpaired) electrons. The van der Waals surface area contributed by atoms with Crippen LogP contribution in [0.1, 0.15) is 41.5 Å². The Kier molecular flexibility index (Phi) is 5.89. The zero-order chi connectivity index (χ0) is 11.2. The number of hydrogen-bond donors (Lipinski definition) is 3. The van der Waals surface area contributed by atoms with Crippen LogP contribution in [-0.4, -0.2) is 27.2 Å². The predicted octanol–water partition coefficient (Wildman–Crippen LogP) is 1.55. The quantitative estimate of drug-likeness (QED) is 0.591. The van der Waals surface area contributed by atoms with E-state index in [2.05, 4.69) is 56.5 Å². The van der Waals surface area contributed by atoms with E-state index in [0.29, 0.717) is 0 Å². The second-order valence-electron chi connectivity index (χ2n) is 4.69. The van der Waals surface area contributed by atoms with Gasteiger partial charge in [-0.05, 0) is 39.9 Å². The normalized spacial score (nSPS) is 13.3. The average molecular weight is 217 g/mol. The van der Waals surface area contributed by atoms with Gasteiger partial charge in [-0.2, -0.15) is 0 Å². The van der Waals surface area contributed by atoms with Crippen molar-refractivity contribution in [1.82, 2.24) is 14.9 Å². The van der Waals surface area contributed by atoms with Crippen LogP contribution in [0.15, 0.2) is 0 Å². The molecule has 0 fully saturated rings. The van der Waals surface area contributed by atoms with Crippen LogP contribution in [0.4, 0.5) is 0 Å². The van der Waals surface area contributed by atoms with Crippen LogP contribution in [0.25, 0.3) is 0 Å². The van der Waals surface area contributed by atoms with Crippen molar-refractivity contribution in [2.24, 2.45) is 0 Å². The lowest BCUT2D eigenvalue weighted by Crippen LogP contribution is -2.75. The minimum Gasteiger partial charge on any atom is -0.314 e. The Morgan fingerprint density at radius 2 is 1.36 bits per heavy atom. The van der Waals surface area contributed by atoms with Crippen molar-refractivity contribution >= 4 is 8.56 Å². The van der Waals surface area contributed by atoms with E-state index in [-0.39, 0.29) is 5.54 Å². The molecule has 0 saturated carbocycles. The van der Waals surface area contributed by atoms with Crippen molar-refractivity contribution in [3.8, 4) is 0 Å². The van der Waals surface area contributed by atoms with Crippen LogP contribution in [-0.2, 0) is 0 Å². The number of nitrogens with one attached hydrogen (secondary N) is 3. The van der Waals surface area contributed by atoms with Gasteiger partial charge in [0.25, 0.3) is 8.56 Å². The largest absolute Gasteiger partial charge is 0.314 e. The number of rotatable bonds is 6. The first-order valence-corrected chi connectivity index (χ1v) is 7.89. The van der Waals surface area contributed by atoms with Gasteiger partial charge in [0.2, 0.25) is 0 Å². The summed E-state index contributed by atoms with van der Waals surface area (Å²) in [6, 6.07) is 1.16. The second-order valence-corrected chi connectivity index (χ2v) is 8.17. The minimum atomic E-state index is -1.65. The second kappa shape index (κ2) is 5.85. The highest BCUT2D eigenvalue weighted by molar-refractivity contribution is 6.72. The fourth-order valence-electron chi connectivity index (χ4n) is 1.73. The molecule has 3 N–H and O–H groups in total. The monoisotopic (exact) mass is 217 g/mol. The molecule has 0 aromatic rings. The third kappa shape index (κ3) is 5.10. The fourth-order valence-corrected chi connectivity index (χ4v) is 5.20. The molecular weight excluding hydrogens is 190 g/mol. The summed E-state index contributed by atoms with van der Waals surface area (Å²) < 4.78 is 0. The molecule has 0 aromatic heterocycles.